The van der Waals surface area contributed by atoms with E-state index in [2.05, 4.69) is 82.9 Å². The molecule has 0 aliphatic carbocycles. The van der Waals surface area contributed by atoms with Crippen molar-refractivity contribution in [1.29, 1.82) is 0 Å². The Bertz CT molecular complexity index is 1070. The van der Waals surface area contributed by atoms with Crippen molar-refractivity contribution in [2.24, 2.45) is 0 Å². The van der Waals surface area contributed by atoms with Crippen LogP contribution in [0, 0.1) is 0 Å². The van der Waals surface area contributed by atoms with Gasteiger partial charge in [-0.15, -0.1) is 22.7 Å². The maximum atomic E-state index is 2.42. The molecule has 0 amide bonds. The Hall–Kier alpha value is -2.36. The SMILES string of the molecule is CCn1c2ccc(-c3cccs3)cc2c2cc(-c3cccs3)ccc21. The lowest BCUT2D eigenvalue weighted by Crippen LogP contribution is -1.92. The third kappa shape index (κ3) is 2.35. The highest BCUT2D eigenvalue weighted by Gasteiger charge is 2.12. The summed E-state index contributed by atoms with van der Waals surface area (Å²) in [4.78, 5) is 2.66. The molecular weight excluding hydrogens is 342 g/mol. The lowest BCUT2D eigenvalue weighted by Gasteiger charge is -2.04. The van der Waals surface area contributed by atoms with Crippen LogP contribution in [0.5, 0.6) is 0 Å². The van der Waals surface area contributed by atoms with Gasteiger partial charge in [-0.05, 0) is 65.2 Å². The van der Waals surface area contributed by atoms with E-state index >= 15 is 0 Å². The van der Waals surface area contributed by atoms with E-state index < -0.39 is 0 Å². The van der Waals surface area contributed by atoms with E-state index in [0.717, 1.165) is 6.54 Å². The molecule has 3 heterocycles. The van der Waals surface area contributed by atoms with Crippen LogP contribution in [-0.2, 0) is 6.54 Å². The number of hydrogen-bond acceptors (Lipinski definition) is 2. The van der Waals surface area contributed by atoms with Crippen molar-refractivity contribution in [2.45, 2.75) is 13.5 Å². The minimum atomic E-state index is 0.983. The van der Waals surface area contributed by atoms with Gasteiger partial charge in [0.2, 0.25) is 0 Å². The Kier molecular flexibility index (Phi) is 3.51. The van der Waals surface area contributed by atoms with Crippen LogP contribution >= 0.6 is 22.7 Å². The summed E-state index contributed by atoms with van der Waals surface area (Å²) in [5.41, 5.74) is 5.25. The quantitative estimate of drug-likeness (QED) is 0.319. The lowest BCUT2D eigenvalue weighted by molar-refractivity contribution is 0.827. The predicted octanol–water partition coefficient (Wildman–Crippen LogP) is 7.27. The predicted molar refractivity (Wildman–Crippen MR) is 112 cm³/mol. The van der Waals surface area contributed by atoms with Crippen molar-refractivity contribution in [3.8, 4) is 20.9 Å². The van der Waals surface area contributed by atoms with Gasteiger partial charge in [-0.2, -0.15) is 0 Å². The smallest absolute Gasteiger partial charge is 0.0491 e. The number of fused-ring (bicyclic) bond motifs is 3. The summed E-state index contributed by atoms with van der Waals surface area (Å²) in [6, 6.07) is 22.4. The number of hydrogen-bond donors (Lipinski definition) is 0. The van der Waals surface area contributed by atoms with E-state index in [1.54, 1.807) is 22.7 Å². The average molecular weight is 360 g/mol. The lowest BCUT2D eigenvalue weighted by atomic mass is 10.1. The number of thiophene rings is 2. The minimum Gasteiger partial charge on any atom is -0.341 e. The highest BCUT2D eigenvalue weighted by molar-refractivity contribution is 7.13. The Morgan fingerprint density at radius 2 is 1.24 bits per heavy atom. The van der Waals surface area contributed by atoms with Crippen LogP contribution in [0.3, 0.4) is 0 Å². The highest BCUT2D eigenvalue weighted by atomic mass is 32.1. The molecule has 0 N–H and O–H groups in total. The summed E-state index contributed by atoms with van der Waals surface area (Å²) in [5, 5.41) is 6.98. The second-order valence-electron chi connectivity index (χ2n) is 6.16. The van der Waals surface area contributed by atoms with Crippen LogP contribution in [0.4, 0.5) is 0 Å². The van der Waals surface area contributed by atoms with E-state index in [1.807, 2.05) is 0 Å². The largest absolute Gasteiger partial charge is 0.341 e. The van der Waals surface area contributed by atoms with Gasteiger partial charge in [0.15, 0.2) is 0 Å². The van der Waals surface area contributed by atoms with Crippen molar-refractivity contribution < 1.29 is 0 Å². The molecule has 3 heteroatoms. The second-order valence-corrected chi connectivity index (χ2v) is 8.06. The van der Waals surface area contributed by atoms with Crippen LogP contribution in [0.2, 0.25) is 0 Å². The van der Waals surface area contributed by atoms with Crippen LogP contribution < -0.4 is 0 Å². The zero-order valence-electron chi connectivity index (χ0n) is 13.9. The molecular formula is C22H17NS2. The molecule has 0 unspecified atom stereocenters. The van der Waals surface area contributed by atoms with Gasteiger partial charge < -0.3 is 4.57 Å². The van der Waals surface area contributed by atoms with Gasteiger partial charge >= 0.3 is 0 Å². The first kappa shape index (κ1) is 14.9. The van der Waals surface area contributed by atoms with E-state index in [9.17, 15) is 0 Å². The van der Waals surface area contributed by atoms with E-state index in [1.165, 1.54) is 42.7 Å². The molecule has 0 spiro atoms. The average Bonchev–Trinajstić information content (AvgIpc) is 3.40. The van der Waals surface area contributed by atoms with Crippen molar-refractivity contribution in [3.63, 3.8) is 0 Å². The van der Waals surface area contributed by atoms with Crippen molar-refractivity contribution in [3.05, 3.63) is 71.4 Å². The summed E-state index contributed by atoms with van der Waals surface area (Å²) in [5.74, 6) is 0. The van der Waals surface area contributed by atoms with Crippen LogP contribution in [0.1, 0.15) is 6.92 Å². The van der Waals surface area contributed by atoms with Gasteiger partial charge in [-0.25, -0.2) is 0 Å². The number of aromatic nitrogens is 1. The minimum absolute atomic E-state index is 0.983. The van der Waals surface area contributed by atoms with Crippen LogP contribution in [-0.4, -0.2) is 4.57 Å². The second kappa shape index (κ2) is 5.87. The molecule has 0 fully saturated rings. The zero-order valence-corrected chi connectivity index (χ0v) is 15.5. The third-order valence-corrected chi connectivity index (χ3v) is 6.63. The third-order valence-electron chi connectivity index (χ3n) is 4.79. The molecule has 0 bridgehead atoms. The van der Waals surface area contributed by atoms with Gasteiger partial charge in [0.1, 0.15) is 0 Å². The molecule has 25 heavy (non-hydrogen) atoms. The highest BCUT2D eigenvalue weighted by Crippen LogP contribution is 2.36. The summed E-state index contributed by atoms with van der Waals surface area (Å²) < 4.78 is 2.42. The number of nitrogens with zero attached hydrogens (tertiary/aromatic N) is 1. The Morgan fingerprint density at radius 1 is 0.720 bits per heavy atom. The first-order chi connectivity index (χ1) is 12.3. The summed E-state index contributed by atoms with van der Waals surface area (Å²) in [7, 11) is 0. The number of benzene rings is 2. The standard InChI is InChI=1S/C22H17NS2/c1-2-23-19-9-7-15(21-5-3-11-24-21)13-17(19)18-14-16(8-10-20(18)23)22-6-4-12-25-22/h3-14H,2H2,1H3. The molecule has 0 aliphatic rings. The number of rotatable bonds is 3. The van der Waals surface area contributed by atoms with Gasteiger partial charge in [-0.1, -0.05) is 24.3 Å². The van der Waals surface area contributed by atoms with Crippen molar-refractivity contribution in [1.82, 2.24) is 4.57 Å². The Balaban J connectivity index is 1.82. The van der Waals surface area contributed by atoms with Gasteiger partial charge in [-0.3, -0.25) is 0 Å². The maximum Gasteiger partial charge on any atom is 0.0491 e. The summed E-state index contributed by atoms with van der Waals surface area (Å²) in [6.07, 6.45) is 0. The zero-order chi connectivity index (χ0) is 16.8. The molecule has 5 aromatic rings. The first-order valence-electron chi connectivity index (χ1n) is 8.49. The molecule has 122 valence electrons. The molecule has 2 aromatic carbocycles. The monoisotopic (exact) mass is 359 g/mol. The normalized spacial score (nSPS) is 11.6. The summed E-state index contributed by atoms with van der Waals surface area (Å²) in [6.45, 7) is 3.20. The van der Waals surface area contributed by atoms with Crippen molar-refractivity contribution >= 4 is 44.5 Å². The van der Waals surface area contributed by atoms with Gasteiger partial charge in [0.25, 0.3) is 0 Å². The van der Waals surface area contributed by atoms with Gasteiger partial charge in [0.05, 0.1) is 0 Å². The van der Waals surface area contributed by atoms with E-state index in [0.29, 0.717) is 0 Å². The molecule has 0 aliphatic heterocycles. The molecule has 0 radical (unpaired) electrons. The first-order valence-corrected chi connectivity index (χ1v) is 10.2. The Labute approximate surface area is 154 Å². The maximum absolute atomic E-state index is 2.42. The van der Waals surface area contributed by atoms with E-state index in [-0.39, 0.29) is 0 Å². The fourth-order valence-corrected chi connectivity index (χ4v) is 5.08. The van der Waals surface area contributed by atoms with Crippen LogP contribution in [0.15, 0.2) is 71.4 Å². The summed E-state index contributed by atoms with van der Waals surface area (Å²) >= 11 is 3.60. The van der Waals surface area contributed by atoms with Crippen molar-refractivity contribution in [2.75, 3.05) is 0 Å². The molecule has 5 rings (SSSR count). The fraction of sp³-hybridized carbons (Fsp3) is 0.0909. The molecule has 0 saturated carbocycles. The van der Waals surface area contributed by atoms with Crippen LogP contribution in [0.25, 0.3) is 42.7 Å². The molecule has 3 aromatic heterocycles. The Morgan fingerprint density at radius 3 is 1.64 bits per heavy atom. The topological polar surface area (TPSA) is 4.93 Å². The number of aryl methyl sites for hydroxylation is 1. The van der Waals surface area contributed by atoms with E-state index in [4.69, 9.17) is 0 Å². The fourth-order valence-electron chi connectivity index (χ4n) is 3.64. The molecule has 0 atom stereocenters. The molecule has 0 saturated heterocycles. The molecule has 1 nitrogen and oxygen atoms in total. The van der Waals surface area contributed by atoms with Gasteiger partial charge in [0, 0.05) is 38.1 Å².